The number of carbonyl (C=O) groups is 2. The van der Waals surface area contributed by atoms with Gasteiger partial charge in [0.25, 0.3) is 5.91 Å². The maximum absolute atomic E-state index is 12.8. The molecular formula is C24H26N2O7S. The van der Waals surface area contributed by atoms with E-state index in [9.17, 15) is 18.0 Å². The third-order valence-corrected chi connectivity index (χ3v) is 7.41. The first-order chi connectivity index (χ1) is 16.4. The van der Waals surface area contributed by atoms with Crippen molar-refractivity contribution >= 4 is 33.7 Å². The van der Waals surface area contributed by atoms with Crippen LogP contribution < -0.4 is 14.8 Å². The number of benzene rings is 2. The molecule has 9 nitrogen and oxygen atoms in total. The second-order valence-electron chi connectivity index (χ2n) is 7.94. The molecule has 0 saturated carbocycles. The predicted molar refractivity (Wildman–Crippen MR) is 125 cm³/mol. The molecule has 1 amide bonds. The number of esters is 1. The Bertz CT molecular complexity index is 1170. The molecule has 0 aromatic heterocycles. The minimum Gasteiger partial charge on any atom is -0.454 e. The number of nitrogens with zero attached hydrogens (tertiary/aromatic N) is 1. The van der Waals surface area contributed by atoms with Crippen molar-refractivity contribution in [2.45, 2.75) is 30.6 Å². The van der Waals surface area contributed by atoms with Crippen LogP contribution in [0.3, 0.4) is 0 Å². The molecule has 2 aliphatic heterocycles. The predicted octanol–water partition coefficient (Wildman–Crippen LogP) is 3.18. The van der Waals surface area contributed by atoms with Gasteiger partial charge >= 0.3 is 5.97 Å². The van der Waals surface area contributed by atoms with E-state index in [-0.39, 0.29) is 11.7 Å². The van der Waals surface area contributed by atoms with Crippen molar-refractivity contribution in [3.63, 3.8) is 0 Å². The van der Waals surface area contributed by atoms with Gasteiger partial charge in [0.1, 0.15) is 0 Å². The van der Waals surface area contributed by atoms with Crippen molar-refractivity contribution in [3.8, 4) is 11.5 Å². The third kappa shape index (κ3) is 5.95. The van der Waals surface area contributed by atoms with E-state index in [1.54, 1.807) is 30.3 Å². The highest BCUT2D eigenvalue weighted by Gasteiger charge is 2.24. The zero-order chi connectivity index (χ0) is 24.0. The number of hydrogen-bond donors (Lipinski definition) is 1. The van der Waals surface area contributed by atoms with E-state index in [0.717, 1.165) is 25.7 Å². The van der Waals surface area contributed by atoms with Gasteiger partial charge < -0.3 is 19.5 Å². The average Bonchev–Trinajstić information content (AvgIpc) is 3.12. The molecule has 1 saturated heterocycles. The smallest absolute Gasteiger partial charge is 0.331 e. The summed E-state index contributed by atoms with van der Waals surface area (Å²) in [5, 5.41) is 2.62. The fourth-order valence-corrected chi connectivity index (χ4v) is 5.22. The molecule has 180 valence electrons. The van der Waals surface area contributed by atoms with Gasteiger partial charge in [-0.15, -0.1) is 0 Å². The van der Waals surface area contributed by atoms with Crippen molar-refractivity contribution < 1.29 is 32.2 Å². The number of rotatable bonds is 7. The number of anilines is 1. The summed E-state index contributed by atoms with van der Waals surface area (Å²) in [4.78, 5) is 24.2. The molecule has 2 aromatic carbocycles. The van der Waals surface area contributed by atoms with Gasteiger partial charge in [-0.1, -0.05) is 25.0 Å². The fraction of sp³-hybridized carbons (Fsp3) is 0.333. The minimum atomic E-state index is -3.52. The van der Waals surface area contributed by atoms with Gasteiger partial charge in [0.2, 0.25) is 16.8 Å². The van der Waals surface area contributed by atoms with Crippen LogP contribution in [-0.2, 0) is 24.3 Å². The van der Waals surface area contributed by atoms with Crippen molar-refractivity contribution in [1.82, 2.24) is 4.31 Å². The fourth-order valence-electron chi connectivity index (χ4n) is 3.70. The zero-order valence-corrected chi connectivity index (χ0v) is 19.4. The first kappa shape index (κ1) is 23.8. The number of nitrogens with one attached hydrogen (secondary N) is 1. The number of ether oxygens (including phenoxy) is 3. The summed E-state index contributed by atoms with van der Waals surface area (Å²) in [5.41, 5.74) is 1.13. The molecule has 0 aliphatic carbocycles. The van der Waals surface area contributed by atoms with Crippen molar-refractivity contribution in [3.05, 3.63) is 54.1 Å². The first-order valence-corrected chi connectivity index (χ1v) is 12.5. The molecule has 4 rings (SSSR count). The highest BCUT2D eigenvalue weighted by atomic mass is 32.2. The summed E-state index contributed by atoms with van der Waals surface area (Å²) >= 11 is 0. The van der Waals surface area contributed by atoms with E-state index >= 15 is 0 Å². The van der Waals surface area contributed by atoms with Crippen molar-refractivity contribution in [1.29, 1.82) is 0 Å². The van der Waals surface area contributed by atoms with E-state index in [1.807, 2.05) is 0 Å². The summed E-state index contributed by atoms with van der Waals surface area (Å²) in [5.74, 6) is -0.0593. The van der Waals surface area contributed by atoms with Crippen LogP contribution in [0.25, 0.3) is 6.08 Å². The van der Waals surface area contributed by atoms with Gasteiger partial charge in [-0.05, 0) is 48.7 Å². The molecule has 2 aromatic rings. The molecule has 1 fully saturated rings. The lowest BCUT2D eigenvalue weighted by Gasteiger charge is -2.19. The van der Waals surface area contributed by atoms with Gasteiger partial charge in [-0.3, -0.25) is 4.79 Å². The summed E-state index contributed by atoms with van der Waals surface area (Å²) in [6, 6.07) is 11.3. The molecule has 1 N–H and O–H groups in total. The molecule has 0 spiro atoms. The molecule has 2 heterocycles. The molecule has 0 unspecified atom stereocenters. The van der Waals surface area contributed by atoms with Crippen LogP contribution in [0.1, 0.15) is 31.2 Å². The SMILES string of the molecule is O=C(COC(=O)/C=C/c1ccc(S(=O)(=O)N2CCCCCC2)cc1)Nc1ccc2c(c1)OCO2. The van der Waals surface area contributed by atoms with E-state index in [1.165, 1.54) is 28.6 Å². The molecule has 2 aliphatic rings. The Hall–Kier alpha value is -3.37. The lowest BCUT2D eigenvalue weighted by Crippen LogP contribution is -2.31. The summed E-state index contributed by atoms with van der Waals surface area (Å²) in [6.45, 7) is 0.758. The summed E-state index contributed by atoms with van der Waals surface area (Å²) in [6.07, 6.45) is 6.53. The lowest BCUT2D eigenvalue weighted by molar-refractivity contribution is -0.142. The number of sulfonamides is 1. The van der Waals surface area contributed by atoms with Crippen LogP contribution in [-0.4, -0.2) is 51.1 Å². The maximum atomic E-state index is 12.8. The number of fused-ring (bicyclic) bond motifs is 1. The Morgan fingerprint density at radius 3 is 2.41 bits per heavy atom. The van der Waals surface area contributed by atoms with Crippen LogP contribution in [0.15, 0.2) is 53.4 Å². The standard InChI is InChI=1S/C24H26N2O7S/c27-23(25-19-8-11-21-22(15-19)33-17-32-21)16-31-24(28)12-7-18-5-9-20(10-6-18)34(29,30)26-13-3-1-2-4-14-26/h5-12,15H,1-4,13-14,16-17H2,(H,25,27)/b12-7+. The van der Waals surface area contributed by atoms with Crippen LogP contribution in [0.4, 0.5) is 5.69 Å². The van der Waals surface area contributed by atoms with Gasteiger partial charge in [0.15, 0.2) is 18.1 Å². The molecule has 10 heteroatoms. The first-order valence-electron chi connectivity index (χ1n) is 11.1. The topological polar surface area (TPSA) is 111 Å². The monoisotopic (exact) mass is 486 g/mol. The quantitative estimate of drug-likeness (QED) is 0.473. The summed E-state index contributed by atoms with van der Waals surface area (Å²) in [7, 11) is -3.52. The molecular weight excluding hydrogens is 460 g/mol. The largest absolute Gasteiger partial charge is 0.454 e. The molecule has 0 radical (unpaired) electrons. The van der Waals surface area contributed by atoms with E-state index in [0.29, 0.717) is 35.8 Å². The van der Waals surface area contributed by atoms with Crippen LogP contribution in [0.2, 0.25) is 0 Å². The minimum absolute atomic E-state index is 0.133. The Morgan fingerprint density at radius 1 is 0.971 bits per heavy atom. The van der Waals surface area contributed by atoms with Crippen LogP contribution >= 0.6 is 0 Å². The average molecular weight is 487 g/mol. The maximum Gasteiger partial charge on any atom is 0.331 e. The van der Waals surface area contributed by atoms with E-state index in [4.69, 9.17) is 14.2 Å². The van der Waals surface area contributed by atoms with Gasteiger partial charge in [-0.25, -0.2) is 13.2 Å². The normalized spacial score (nSPS) is 16.2. The molecule has 34 heavy (non-hydrogen) atoms. The van der Waals surface area contributed by atoms with Gasteiger partial charge in [0.05, 0.1) is 4.90 Å². The Morgan fingerprint density at radius 2 is 1.68 bits per heavy atom. The van der Waals surface area contributed by atoms with Crippen molar-refractivity contribution in [2.75, 3.05) is 31.8 Å². The second kappa shape index (κ2) is 10.7. The Kier molecular flexibility index (Phi) is 7.49. The number of amides is 1. The number of hydrogen-bond acceptors (Lipinski definition) is 7. The van der Waals surface area contributed by atoms with Crippen LogP contribution in [0.5, 0.6) is 11.5 Å². The molecule has 0 atom stereocenters. The van der Waals surface area contributed by atoms with E-state index < -0.39 is 28.5 Å². The highest BCUT2D eigenvalue weighted by molar-refractivity contribution is 7.89. The van der Waals surface area contributed by atoms with E-state index in [2.05, 4.69) is 5.32 Å². The van der Waals surface area contributed by atoms with Gasteiger partial charge in [-0.2, -0.15) is 4.31 Å². The summed E-state index contributed by atoms with van der Waals surface area (Å²) < 4.78 is 42.6. The second-order valence-corrected chi connectivity index (χ2v) is 9.88. The van der Waals surface area contributed by atoms with Gasteiger partial charge in [0, 0.05) is 30.9 Å². The highest BCUT2D eigenvalue weighted by Crippen LogP contribution is 2.34. The van der Waals surface area contributed by atoms with Crippen LogP contribution in [0, 0.1) is 0 Å². The zero-order valence-electron chi connectivity index (χ0n) is 18.6. The third-order valence-electron chi connectivity index (χ3n) is 5.50. The van der Waals surface area contributed by atoms with Crippen molar-refractivity contribution in [2.24, 2.45) is 0 Å². The molecule has 0 bridgehead atoms. The number of carbonyl (C=O) groups excluding carboxylic acids is 2. The Balaban J connectivity index is 1.27. The lowest BCUT2D eigenvalue weighted by atomic mass is 10.2. The Labute approximate surface area is 198 Å².